The number of carbonyl (C=O) groups is 1. The SMILES string of the molecule is O=C(CSc1nc(-c2ccccc2)cs1)Nc1ccc(N2CCOCC2)cc1. The van der Waals surface area contributed by atoms with Gasteiger partial charge in [-0.3, -0.25) is 4.79 Å². The second kappa shape index (κ2) is 9.23. The van der Waals surface area contributed by atoms with Crippen molar-refractivity contribution in [2.45, 2.75) is 4.34 Å². The van der Waals surface area contributed by atoms with Crippen molar-refractivity contribution in [2.75, 3.05) is 42.3 Å². The van der Waals surface area contributed by atoms with E-state index in [0.29, 0.717) is 5.75 Å². The summed E-state index contributed by atoms with van der Waals surface area (Å²) in [6.07, 6.45) is 0. The Balaban J connectivity index is 1.28. The molecule has 1 amide bonds. The van der Waals surface area contributed by atoms with Crippen LogP contribution in [-0.2, 0) is 9.53 Å². The molecule has 0 unspecified atom stereocenters. The number of ether oxygens (including phenoxy) is 1. The number of rotatable bonds is 6. The maximum atomic E-state index is 12.3. The molecule has 4 rings (SSSR count). The average Bonchev–Trinajstić information content (AvgIpc) is 3.23. The number of carbonyl (C=O) groups excluding carboxylic acids is 1. The maximum Gasteiger partial charge on any atom is 0.234 e. The lowest BCUT2D eigenvalue weighted by molar-refractivity contribution is -0.113. The second-order valence-electron chi connectivity index (χ2n) is 6.35. The monoisotopic (exact) mass is 411 g/mol. The van der Waals surface area contributed by atoms with E-state index < -0.39 is 0 Å². The second-order valence-corrected chi connectivity index (χ2v) is 8.43. The number of thiazole rings is 1. The van der Waals surface area contributed by atoms with Crippen LogP contribution >= 0.6 is 23.1 Å². The molecule has 0 atom stereocenters. The van der Waals surface area contributed by atoms with Crippen LogP contribution in [-0.4, -0.2) is 42.9 Å². The average molecular weight is 412 g/mol. The molecule has 2 aromatic carbocycles. The summed E-state index contributed by atoms with van der Waals surface area (Å²) < 4.78 is 6.28. The predicted octanol–water partition coefficient (Wildman–Crippen LogP) is 4.38. The van der Waals surface area contributed by atoms with E-state index in [1.54, 1.807) is 11.3 Å². The highest BCUT2D eigenvalue weighted by Gasteiger charge is 2.12. The molecule has 5 nitrogen and oxygen atoms in total. The van der Waals surface area contributed by atoms with Crippen LogP contribution in [0.25, 0.3) is 11.3 Å². The van der Waals surface area contributed by atoms with Crippen molar-refractivity contribution in [1.82, 2.24) is 4.98 Å². The van der Waals surface area contributed by atoms with Crippen molar-refractivity contribution < 1.29 is 9.53 Å². The van der Waals surface area contributed by atoms with Gasteiger partial charge in [0.1, 0.15) is 0 Å². The van der Waals surface area contributed by atoms with Crippen LogP contribution in [0.5, 0.6) is 0 Å². The highest BCUT2D eigenvalue weighted by Crippen LogP contribution is 2.28. The van der Waals surface area contributed by atoms with Gasteiger partial charge in [0.25, 0.3) is 0 Å². The van der Waals surface area contributed by atoms with E-state index in [2.05, 4.69) is 15.2 Å². The van der Waals surface area contributed by atoms with Crippen LogP contribution in [0.15, 0.2) is 64.3 Å². The zero-order valence-electron chi connectivity index (χ0n) is 15.3. The van der Waals surface area contributed by atoms with Gasteiger partial charge < -0.3 is 15.0 Å². The van der Waals surface area contributed by atoms with Crippen LogP contribution < -0.4 is 10.2 Å². The number of thioether (sulfide) groups is 1. The van der Waals surface area contributed by atoms with Gasteiger partial charge in [-0.25, -0.2) is 4.98 Å². The van der Waals surface area contributed by atoms with Gasteiger partial charge >= 0.3 is 0 Å². The van der Waals surface area contributed by atoms with Crippen molar-refractivity contribution in [3.63, 3.8) is 0 Å². The first-order valence-corrected chi connectivity index (χ1v) is 11.0. The highest BCUT2D eigenvalue weighted by atomic mass is 32.2. The third kappa shape index (κ3) is 4.92. The molecular weight excluding hydrogens is 390 g/mol. The number of hydrogen-bond donors (Lipinski definition) is 1. The highest BCUT2D eigenvalue weighted by molar-refractivity contribution is 8.01. The van der Waals surface area contributed by atoms with Gasteiger partial charge in [0.05, 0.1) is 24.7 Å². The maximum absolute atomic E-state index is 12.3. The Morgan fingerprint density at radius 1 is 1.11 bits per heavy atom. The molecule has 7 heteroatoms. The smallest absolute Gasteiger partial charge is 0.234 e. The Kier molecular flexibility index (Phi) is 6.26. The molecule has 1 saturated heterocycles. The minimum absolute atomic E-state index is 0.0272. The van der Waals surface area contributed by atoms with Gasteiger partial charge in [-0.1, -0.05) is 42.1 Å². The summed E-state index contributed by atoms with van der Waals surface area (Å²) in [6, 6.07) is 18.0. The zero-order chi connectivity index (χ0) is 19.2. The number of aromatic nitrogens is 1. The number of amides is 1. The molecule has 1 aliphatic rings. The van der Waals surface area contributed by atoms with E-state index in [1.165, 1.54) is 11.8 Å². The van der Waals surface area contributed by atoms with E-state index >= 15 is 0 Å². The van der Waals surface area contributed by atoms with Gasteiger partial charge in [-0.05, 0) is 24.3 Å². The summed E-state index contributed by atoms with van der Waals surface area (Å²) in [5, 5.41) is 4.98. The number of benzene rings is 2. The van der Waals surface area contributed by atoms with Gasteiger partial charge in [-0.15, -0.1) is 11.3 Å². The first-order chi connectivity index (χ1) is 13.8. The summed E-state index contributed by atoms with van der Waals surface area (Å²) in [5.74, 6) is 0.313. The summed E-state index contributed by atoms with van der Waals surface area (Å²) in [5.41, 5.74) is 4.02. The molecule has 1 aromatic heterocycles. The lowest BCUT2D eigenvalue weighted by atomic mass is 10.2. The predicted molar refractivity (Wildman–Crippen MR) is 116 cm³/mol. The quantitative estimate of drug-likeness (QED) is 0.610. The van der Waals surface area contributed by atoms with Crippen molar-refractivity contribution >= 4 is 40.4 Å². The topological polar surface area (TPSA) is 54.5 Å². The van der Waals surface area contributed by atoms with Crippen LogP contribution in [0.4, 0.5) is 11.4 Å². The van der Waals surface area contributed by atoms with Crippen LogP contribution in [0.2, 0.25) is 0 Å². The molecule has 28 heavy (non-hydrogen) atoms. The molecular formula is C21H21N3O2S2. The van der Waals surface area contributed by atoms with Crippen LogP contribution in [0, 0.1) is 0 Å². The molecule has 0 radical (unpaired) electrons. The zero-order valence-corrected chi connectivity index (χ0v) is 17.0. The Hall–Kier alpha value is -2.35. The Morgan fingerprint density at radius 2 is 1.86 bits per heavy atom. The number of hydrogen-bond acceptors (Lipinski definition) is 6. The van der Waals surface area contributed by atoms with E-state index in [0.717, 1.165) is 53.3 Å². The van der Waals surface area contributed by atoms with E-state index in [1.807, 2.05) is 60.0 Å². The first-order valence-electron chi connectivity index (χ1n) is 9.14. The van der Waals surface area contributed by atoms with Crippen LogP contribution in [0.3, 0.4) is 0 Å². The van der Waals surface area contributed by atoms with Crippen LogP contribution in [0.1, 0.15) is 0 Å². The summed E-state index contributed by atoms with van der Waals surface area (Å²) >= 11 is 3.03. The van der Waals surface area contributed by atoms with E-state index in [4.69, 9.17) is 4.74 Å². The fraction of sp³-hybridized carbons (Fsp3) is 0.238. The Morgan fingerprint density at radius 3 is 2.61 bits per heavy atom. The molecule has 0 saturated carbocycles. The number of morpholine rings is 1. The van der Waals surface area contributed by atoms with Crippen molar-refractivity contribution in [1.29, 1.82) is 0 Å². The van der Waals surface area contributed by atoms with E-state index in [9.17, 15) is 4.79 Å². The lowest BCUT2D eigenvalue weighted by Crippen LogP contribution is -2.36. The largest absolute Gasteiger partial charge is 0.378 e. The lowest BCUT2D eigenvalue weighted by Gasteiger charge is -2.28. The van der Waals surface area contributed by atoms with Crippen molar-refractivity contribution in [2.24, 2.45) is 0 Å². The minimum Gasteiger partial charge on any atom is -0.378 e. The molecule has 3 aromatic rings. The molecule has 144 valence electrons. The molecule has 1 aliphatic heterocycles. The summed E-state index contributed by atoms with van der Waals surface area (Å²) in [7, 11) is 0. The third-order valence-electron chi connectivity index (χ3n) is 4.41. The molecule has 1 N–H and O–H groups in total. The van der Waals surface area contributed by atoms with Crippen molar-refractivity contribution in [3.05, 3.63) is 60.0 Å². The number of nitrogens with one attached hydrogen (secondary N) is 1. The summed E-state index contributed by atoms with van der Waals surface area (Å²) in [4.78, 5) is 19.2. The molecule has 0 spiro atoms. The fourth-order valence-electron chi connectivity index (χ4n) is 2.97. The standard InChI is InChI=1S/C21H21N3O2S2/c25-20(15-28-21-23-19(14-27-21)16-4-2-1-3-5-16)22-17-6-8-18(9-7-17)24-10-12-26-13-11-24/h1-9,14H,10-13,15H2,(H,22,25). The van der Waals surface area contributed by atoms with Gasteiger partial charge in [0.2, 0.25) is 5.91 Å². The Bertz CT molecular complexity index is 907. The van der Waals surface area contributed by atoms with E-state index in [-0.39, 0.29) is 5.91 Å². The number of anilines is 2. The number of nitrogens with zero attached hydrogens (tertiary/aromatic N) is 2. The third-order valence-corrected chi connectivity index (χ3v) is 6.43. The normalized spacial score (nSPS) is 14.1. The molecule has 2 heterocycles. The molecule has 1 fully saturated rings. The van der Waals surface area contributed by atoms with Gasteiger partial charge in [-0.2, -0.15) is 0 Å². The fourth-order valence-corrected chi connectivity index (χ4v) is 4.60. The Labute approximate surface area is 172 Å². The van der Waals surface area contributed by atoms with Gasteiger partial charge in [0, 0.05) is 35.4 Å². The minimum atomic E-state index is -0.0272. The first kappa shape index (κ1) is 19.0. The summed E-state index contributed by atoms with van der Waals surface area (Å²) in [6.45, 7) is 3.33. The van der Waals surface area contributed by atoms with Crippen molar-refractivity contribution in [3.8, 4) is 11.3 Å². The van der Waals surface area contributed by atoms with Gasteiger partial charge in [0.15, 0.2) is 4.34 Å². The molecule has 0 aliphatic carbocycles. The molecule has 0 bridgehead atoms.